The number of nitrogens with zero attached hydrogens (tertiary/aromatic N) is 1. The van der Waals surface area contributed by atoms with Crippen molar-refractivity contribution in [1.82, 2.24) is 9.88 Å². The molecule has 1 saturated heterocycles. The highest BCUT2D eigenvalue weighted by molar-refractivity contribution is 5.84. The zero-order valence-electron chi connectivity index (χ0n) is 13.2. The van der Waals surface area contributed by atoms with E-state index in [4.69, 9.17) is 10.5 Å². The fourth-order valence-electron chi connectivity index (χ4n) is 3.11. The number of nitrogens with two attached hydrogens (primary N) is 1. The fourth-order valence-corrected chi connectivity index (χ4v) is 3.11. The lowest BCUT2D eigenvalue weighted by atomic mass is 10.0. The summed E-state index contributed by atoms with van der Waals surface area (Å²) in [6.07, 6.45) is 0.0879. The molecule has 1 atom stereocenters. The summed E-state index contributed by atoms with van der Waals surface area (Å²) < 4.78 is 5.59. The third kappa shape index (κ3) is 2.92. The maximum absolute atomic E-state index is 12.5. The van der Waals surface area contributed by atoms with Crippen molar-refractivity contribution in [3.63, 3.8) is 0 Å². The molecule has 2 heterocycles. The number of aromatic nitrogens is 1. The van der Waals surface area contributed by atoms with Gasteiger partial charge in [-0.2, -0.15) is 0 Å². The van der Waals surface area contributed by atoms with Gasteiger partial charge in [0.15, 0.2) is 5.43 Å². The number of hydrogen-bond acceptors (Lipinski definition) is 4. The minimum atomic E-state index is 0.0879. The number of rotatable bonds is 3. The van der Waals surface area contributed by atoms with Crippen molar-refractivity contribution in [3.05, 3.63) is 45.2 Å². The highest BCUT2D eigenvalue weighted by atomic mass is 16.5. The standard InChI is InChI=1S/C17H23N3O2/c1-11-3-4-12(2)17-16(11)15(21)7-13(19-17)9-20-5-6-22-14(8-18)10-20/h3-4,7,14H,5-6,8-10,18H2,1-2H3,(H,19,21)/t14-/m0/s1. The molecular weight excluding hydrogens is 278 g/mol. The Kier molecular flexibility index (Phi) is 4.29. The second kappa shape index (κ2) is 6.20. The lowest BCUT2D eigenvalue weighted by Gasteiger charge is -2.32. The summed E-state index contributed by atoms with van der Waals surface area (Å²) in [7, 11) is 0. The Labute approximate surface area is 130 Å². The molecule has 1 aliphatic rings. The Balaban J connectivity index is 1.92. The first-order valence-corrected chi connectivity index (χ1v) is 7.74. The molecule has 0 amide bonds. The highest BCUT2D eigenvalue weighted by Crippen LogP contribution is 2.18. The number of morpholine rings is 1. The lowest BCUT2D eigenvalue weighted by Crippen LogP contribution is -2.45. The minimum Gasteiger partial charge on any atom is -0.374 e. The third-order valence-electron chi connectivity index (χ3n) is 4.34. The molecule has 0 radical (unpaired) electrons. The number of aryl methyl sites for hydroxylation is 2. The SMILES string of the molecule is Cc1ccc(C)c2c(=O)cc(CN3CCO[C@@H](CN)C3)[nH]c12. The van der Waals surface area contributed by atoms with Gasteiger partial charge in [0.2, 0.25) is 0 Å². The molecule has 0 unspecified atom stereocenters. The topological polar surface area (TPSA) is 71.3 Å². The first kappa shape index (κ1) is 15.2. The van der Waals surface area contributed by atoms with Crippen molar-refractivity contribution in [3.8, 4) is 0 Å². The number of aromatic amines is 1. The van der Waals surface area contributed by atoms with Crippen molar-refractivity contribution in [2.75, 3.05) is 26.2 Å². The van der Waals surface area contributed by atoms with Crippen LogP contribution in [0.15, 0.2) is 23.0 Å². The van der Waals surface area contributed by atoms with Crippen molar-refractivity contribution >= 4 is 10.9 Å². The van der Waals surface area contributed by atoms with Crippen molar-refractivity contribution < 1.29 is 4.74 Å². The molecule has 2 aromatic rings. The molecule has 1 aromatic heterocycles. The Morgan fingerprint density at radius 3 is 2.91 bits per heavy atom. The lowest BCUT2D eigenvalue weighted by molar-refractivity contribution is -0.0263. The van der Waals surface area contributed by atoms with Gasteiger partial charge >= 0.3 is 0 Å². The summed E-state index contributed by atoms with van der Waals surface area (Å²) in [5.41, 5.74) is 9.79. The fraction of sp³-hybridized carbons (Fsp3) is 0.471. The van der Waals surface area contributed by atoms with Crippen LogP contribution in [0, 0.1) is 13.8 Å². The van der Waals surface area contributed by atoms with Crippen LogP contribution in [0.3, 0.4) is 0 Å². The van der Waals surface area contributed by atoms with Gasteiger partial charge < -0.3 is 15.5 Å². The van der Waals surface area contributed by atoms with Gasteiger partial charge in [-0.1, -0.05) is 12.1 Å². The Hall–Kier alpha value is -1.69. The van der Waals surface area contributed by atoms with E-state index in [1.165, 1.54) is 0 Å². The molecule has 22 heavy (non-hydrogen) atoms. The molecule has 0 bridgehead atoms. The summed E-state index contributed by atoms with van der Waals surface area (Å²) in [6.45, 7) is 7.62. The maximum atomic E-state index is 12.5. The van der Waals surface area contributed by atoms with Gasteiger partial charge in [-0.05, 0) is 25.0 Å². The van der Waals surface area contributed by atoms with E-state index in [0.717, 1.165) is 47.4 Å². The van der Waals surface area contributed by atoms with Gasteiger partial charge in [-0.3, -0.25) is 9.69 Å². The van der Waals surface area contributed by atoms with Gasteiger partial charge in [0, 0.05) is 43.3 Å². The first-order chi connectivity index (χ1) is 10.6. The average molecular weight is 301 g/mol. The molecule has 3 N–H and O–H groups in total. The number of ether oxygens (including phenoxy) is 1. The number of hydrogen-bond donors (Lipinski definition) is 2. The summed E-state index contributed by atoms with van der Waals surface area (Å²) >= 11 is 0. The molecule has 5 heteroatoms. The van der Waals surface area contributed by atoms with E-state index in [0.29, 0.717) is 13.2 Å². The second-order valence-corrected chi connectivity index (χ2v) is 6.07. The van der Waals surface area contributed by atoms with Crippen LogP contribution in [0.25, 0.3) is 10.9 Å². The largest absolute Gasteiger partial charge is 0.374 e. The Morgan fingerprint density at radius 1 is 1.36 bits per heavy atom. The van der Waals surface area contributed by atoms with Crippen molar-refractivity contribution in [2.45, 2.75) is 26.5 Å². The molecule has 118 valence electrons. The van der Waals surface area contributed by atoms with Crippen molar-refractivity contribution in [1.29, 1.82) is 0 Å². The molecule has 3 rings (SSSR count). The van der Waals surface area contributed by atoms with Crippen LogP contribution in [-0.2, 0) is 11.3 Å². The zero-order chi connectivity index (χ0) is 15.7. The second-order valence-electron chi connectivity index (χ2n) is 6.07. The monoisotopic (exact) mass is 301 g/mol. The van der Waals surface area contributed by atoms with Gasteiger partial charge in [0.25, 0.3) is 0 Å². The number of pyridine rings is 1. The maximum Gasteiger partial charge on any atom is 0.189 e. The molecule has 5 nitrogen and oxygen atoms in total. The number of fused-ring (bicyclic) bond motifs is 1. The van der Waals surface area contributed by atoms with E-state index in [-0.39, 0.29) is 11.5 Å². The third-order valence-corrected chi connectivity index (χ3v) is 4.34. The van der Waals surface area contributed by atoms with Crippen LogP contribution in [-0.4, -0.2) is 42.2 Å². The molecule has 1 aromatic carbocycles. The molecular formula is C17H23N3O2. The summed E-state index contributed by atoms with van der Waals surface area (Å²) in [6, 6.07) is 5.78. The van der Waals surface area contributed by atoms with Crippen LogP contribution in [0.1, 0.15) is 16.8 Å². The molecule has 1 aliphatic heterocycles. The Morgan fingerprint density at radius 2 is 2.14 bits per heavy atom. The van der Waals surface area contributed by atoms with Gasteiger partial charge in [0.05, 0.1) is 18.2 Å². The number of H-pyrrole nitrogens is 1. The molecule has 1 fully saturated rings. The number of nitrogens with one attached hydrogen (secondary N) is 1. The smallest absolute Gasteiger partial charge is 0.189 e. The van der Waals surface area contributed by atoms with Crippen LogP contribution in [0.5, 0.6) is 0 Å². The highest BCUT2D eigenvalue weighted by Gasteiger charge is 2.19. The summed E-state index contributed by atoms with van der Waals surface area (Å²) in [5.74, 6) is 0. The first-order valence-electron chi connectivity index (χ1n) is 7.74. The van der Waals surface area contributed by atoms with Gasteiger partial charge in [0.1, 0.15) is 0 Å². The van der Waals surface area contributed by atoms with E-state index in [1.807, 2.05) is 19.9 Å². The number of benzene rings is 1. The predicted octanol–water partition coefficient (Wildman–Crippen LogP) is 1.30. The average Bonchev–Trinajstić information content (AvgIpc) is 2.51. The quantitative estimate of drug-likeness (QED) is 0.896. The molecule has 0 spiro atoms. The van der Waals surface area contributed by atoms with E-state index in [2.05, 4.69) is 16.0 Å². The molecule has 0 saturated carbocycles. The summed E-state index contributed by atoms with van der Waals surface area (Å²) in [4.78, 5) is 18.2. The van der Waals surface area contributed by atoms with E-state index >= 15 is 0 Å². The van der Waals surface area contributed by atoms with Gasteiger partial charge in [-0.15, -0.1) is 0 Å². The predicted molar refractivity (Wildman–Crippen MR) is 88.1 cm³/mol. The van der Waals surface area contributed by atoms with Crippen molar-refractivity contribution in [2.24, 2.45) is 5.73 Å². The minimum absolute atomic E-state index is 0.0879. The normalized spacial score (nSPS) is 19.7. The van der Waals surface area contributed by atoms with Crippen LogP contribution in [0.4, 0.5) is 0 Å². The van der Waals surface area contributed by atoms with Gasteiger partial charge in [-0.25, -0.2) is 0 Å². The van der Waals surface area contributed by atoms with Crippen LogP contribution < -0.4 is 11.2 Å². The van der Waals surface area contributed by atoms with Crippen LogP contribution in [0.2, 0.25) is 0 Å². The van der Waals surface area contributed by atoms with E-state index in [1.54, 1.807) is 6.07 Å². The Bertz CT molecular complexity index is 738. The van der Waals surface area contributed by atoms with E-state index in [9.17, 15) is 4.79 Å². The van der Waals surface area contributed by atoms with E-state index < -0.39 is 0 Å². The van der Waals surface area contributed by atoms with Crippen LogP contribution >= 0.6 is 0 Å². The summed E-state index contributed by atoms with van der Waals surface area (Å²) in [5, 5.41) is 0.797. The zero-order valence-corrected chi connectivity index (χ0v) is 13.2. The molecule has 0 aliphatic carbocycles.